The minimum absolute atomic E-state index is 0.112. The second-order valence-corrected chi connectivity index (χ2v) is 5.39. The predicted molar refractivity (Wildman–Crippen MR) is 82.9 cm³/mol. The molecule has 2 aromatic rings. The van der Waals surface area contributed by atoms with E-state index in [-0.39, 0.29) is 11.9 Å². The highest BCUT2D eigenvalue weighted by Crippen LogP contribution is 2.31. The minimum atomic E-state index is -0.269. The van der Waals surface area contributed by atoms with Crippen LogP contribution in [0.1, 0.15) is 30.5 Å². The van der Waals surface area contributed by atoms with Crippen molar-refractivity contribution in [1.82, 2.24) is 10.3 Å². The van der Waals surface area contributed by atoms with Crippen molar-refractivity contribution in [1.29, 1.82) is 0 Å². The number of hydrogen-bond donors (Lipinski definition) is 2. The maximum atomic E-state index is 13.3. The zero-order chi connectivity index (χ0) is 14.5. The molecule has 0 amide bonds. The van der Waals surface area contributed by atoms with Gasteiger partial charge in [-0.2, -0.15) is 0 Å². The number of halogens is 2. The Morgan fingerprint density at radius 1 is 1.35 bits per heavy atom. The van der Waals surface area contributed by atoms with Gasteiger partial charge in [0.25, 0.3) is 0 Å². The first-order valence-corrected chi connectivity index (χ1v) is 7.31. The molecule has 0 aliphatic rings. The number of nitrogens with one attached hydrogen (secondary N) is 1. The molecule has 20 heavy (non-hydrogen) atoms. The maximum Gasteiger partial charge on any atom is 0.128 e. The molecular formula is C15H17BrFN3. The highest BCUT2D eigenvalue weighted by molar-refractivity contribution is 9.10. The number of pyridine rings is 1. The van der Waals surface area contributed by atoms with E-state index < -0.39 is 0 Å². The SMILES string of the molecule is CCCNC(c1ccc(F)cc1Br)c1cccnc1N. The summed E-state index contributed by atoms with van der Waals surface area (Å²) in [4.78, 5) is 4.13. The Balaban J connectivity index is 2.44. The molecule has 0 fully saturated rings. The van der Waals surface area contributed by atoms with E-state index in [0.29, 0.717) is 10.3 Å². The van der Waals surface area contributed by atoms with Crippen molar-refractivity contribution >= 4 is 21.7 Å². The summed E-state index contributed by atoms with van der Waals surface area (Å²) in [5.41, 5.74) is 7.81. The van der Waals surface area contributed by atoms with Gasteiger partial charge in [0, 0.05) is 16.2 Å². The van der Waals surface area contributed by atoms with E-state index >= 15 is 0 Å². The summed E-state index contributed by atoms with van der Waals surface area (Å²) in [6.45, 7) is 2.93. The first-order valence-electron chi connectivity index (χ1n) is 6.52. The Bertz CT molecular complexity index is 589. The van der Waals surface area contributed by atoms with Crippen molar-refractivity contribution in [2.45, 2.75) is 19.4 Å². The van der Waals surface area contributed by atoms with E-state index in [1.807, 2.05) is 12.1 Å². The van der Waals surface area contributed by atoms with Gasteiger partial charge in [-0.3, -0.25) is 0 Å². The molecule has 0 saturated heterocycles. The number of benzene rings is 1. The Labute approximate surface area is 126 Å². The molecule has 0 aliphatic heterocycles. The fourth-order valence-electron chi connectivity index (χ4n) is 2.09. The van der Waals surface area contributed by atoms with Gasteiger partial charge < -0.3 is 11.1 Å². The summed E-state index contributed by atoms with van der Waals surface area (Å²) < 4.78 is 14.0. The Morgan fingerprint density at radius 2 is 2.15 bits per heavy atom. The van der Waals surface area contributed by atoms with Crippen molar-refractivity contribution in [2.75, 3.05) is 12.3 Å². The van der Waals surface area contributed by atoms with Gasteiger partial charge in [0.15, 0.2) is 0 Å². The topological polar surface area (TPSA) is 50.9 Å². The summed E-state index contributed by atoms with van der Waals surface area (Å²) in [6.07, 6.45) is 2.66. The van der Waals surface area contributed by atoms with Crippen LogP contribution in [0.5, 0.6) is 0 Å². The van der Waals surface area contributed by atoms with Crippen LogP contribution in [0.3, 0.4) is 0 Å². The van der Waals surface area contributed by atoms with Crippen LogP contribution in [-0.4, -0.2) is 11.5 Å². The third kappa shape index (κ3) is 3.35. The standard InChI is InChI=1S/C15H17BrFN3/c1-2-7-19-14(12-4-3-8-20-15(12)18)11-6-5-10(17)9-13(11)16/h3-6,8-9,14,19H,2,7H2,1H3,(H2,18,20). The van der Waals surface area contributed by atoms with E-state index in [4.69, 9.17) is 5.73 Å². The smallest absolute Gasteiger partial charge is 0.128 e. The molecule has 1 atom stereocenters. The van der Waals surface area contributed by atoms with Crippen LogP contribution in [0.4, 0.5) is 10.2 Å². The van der Waals surface area contributed by atoms with Gasteiger partial charge in [0.2, 0.25) is 0 Å². The van der Waals surface area contributed by atoms with Crippen LogP contribution in [0.25, 0.3) is 0 Å². The molecule has 0 saturated carbocycles. The van der Waals surface area contributed by atoms with Gasteiger partial charge in [-0.15, -0.1) is 0 Å². The van der Waals surface area contributed by atoms with Crippen molar-refractivity contribution < 1.29 is 4.39 Å². The van der Waals surface area contributed by atoms with Gasteiger partial charge in [-0.05, 0) is 36.7 Å². The predicted octanol–water partition coefficient (Wildman–Crippen LogP) is 3.65. The highest BCUT2D eigenvalue weighted by Gasteiger charge is 2.19. The summed E-state index contributed by atoms with van der Waals surface area (Å²) in [5, 5.41) is 3.43. The fourth-order valence-corrected chi connectivity index (χ4v) is 2.67. The van der Waals surface area contributed by atoms with Crippen LogP contribution in [0, 0.1) is 5.82 Å². The fraction of sp³-hybridized carbons (Fsp3) is 0.267. The molecule has 0 spiro atoms. The van der Waals surface area contributed by atoms with Gasteiger partial charge in [0.1, 0.15) is 11.6 Å². The summed E-state index contributed by atoms with van der Waals surface area (Å²) in [6, 6.07) is 8.35. The zero-order valence-electron chi connectivity index (χ0n) is 11.2. The Hall–Kier alpha value is -1.46. The molecule has 5 heteroatoms. The van der Waals surface area contributed by atoms with Crippen LogP contribution >= 0.6 is 15.9 Å². The monoisotopic (exact) mass is 337 g/mol. The van der Waals surface area contributed by atoms with Crippen molar-refractivity contribution in [3.05, 3.63) is 57.9 Å². The second-order valence-electron chi connectivity index (χ2n) is 4.53. The third-order valence-corrected chi connectivity index (χ3v) is 3.74. The average Bonchev–Trinajstić information content (AvgIpc) is 2.42. The van der Waals surface area contributed by atoms with Crippen LogP contribution in [-0.2, 0) is 0 Å². The Kier molecular flexibility index (Phi) is 5.09. The molecule has 1 unspecified atom stereocenters. The lowest BCUT2D eigenvalue weighted by Crippen LogP contribution is -2.24. The van der Waals surface area contributed by atoms with E-state index in [1.165, 1.54) is 12.1 Å². The largest absolute Gasteiger partial charge is 0.383 e. The lowest BCUT2D eigenvalue weighted by molar-refractivity contribution is 0.590. The van der Waals surface area contributed by atoms with E-state index in [9.17, 15) is 4.39 Å². The molecule has 0 bridgehead atoms. The van der Waals surface area contributed by atoms with Crippen LogP contribution in [0.15, 0.2) is 41.0 Å². The zero-order valence-corrected chi connectivity index (χ0v) is 12.8. The van der Waals surface area contributed by atoms with E-state index in [0.717, 1.165) is 24.1 Å². The number of nitrogens with two attached hydrogens (primary N) is 1. The van der Waals surface area contributed by atoms with Gasteiger partial charge in [-0.1, -0.05) is 35.0 Å². The van der Waals surface area contributed by atoms with Crippen molar-refractivity contribution in [3.63, 3.8) is 0 Å². The molecule has 3 nitrogen and oxygen atoms in total. The number of hydrogen-bond acceptors (Lipinski definition) is 3. The molecule has 0 radical (unpaired) electrons. The molecule has 0 aliphatic carbocycles. The van der Waals surface area contributed by atoms with Gasteiger partial charge in [-0.25, -0.2) is 9.37 Å². The van der Waals surface area contributed by atoms with Crippen LogP contribution < -0.4 is 11.1 Å². The quantitative estimate of drug-likeness (QED) is 0.875. The van der Waals surface area contributed by atoms with E-state index in [2.05, 4.69) is 33.2 Å². The average molecular weight is 338 g/mol. The number of rotatable bonds is 5. The van der Waals surface area contributed by atoms with Gasteiger partial charge >= 0.3 is 0 Å². The van der Waals surface area contributed by atoms with Crippen molar-refractivity contribution in [3.8, 4) is 0 Å². The minimum Gasteiger partial charge on any atom is -0.383 e. The van der Waals surface area contributed by atoms with Crippen LogP contribution in [0.2, 0.25) is 0 Å². The first kappa shape index (κ1) is 14.9. The van der Waals surface area contributed by atoms with E-state index in [1.54, 1.807) is 12.3 Å². The first-order chi connectivity index (χ1) is 9.63. The molecular weight excluding hydrogens is 321 g/mol. The molecule has 1 aromatic carbocycles. The summed E-state index contributed by atoms with van der Waals surface area (Å²) in [5.74, 6) is 0.214. The number of aromatic nitrogens is 1. The molecule has 2 rings (SSSR count). The molecule has 1 heterocycles. The molecule has 106 valence electrons. The third-order valence-electron chi connectivity index (χ3n) is 3.05. The lowest BCUT2D eigenvalue weighted by atomic mass is 9.99. The molecule has 3 N–H and O–H groups in total. The lowest BCUT2D eigenvalue weighted by Gasteiger charge is -2.21. The number of nitrogens with zero attached hydrogens (tertiary/aromatic N) is 1. The summed E-state index contributed by atoms with van der Waals surface area (Å²) >= 11 is 3.42. The number of nitrogen functional groups attached to an aromatic ring is 1. The molecule has 1 aromatic heterocycles. The summed E-state index contributed by atoms with van der Waals surface area (Å²) in [7, 11) is 0. The Morgan fingerprint density at radius 3 is 2.80 bits per heavy atom. The van der Waals surface area contributed by atoms with Crippen molar-refractivity contribution in [2.24, 2.45) is 0 Å². The highest BCUT2D eigenvalue weighted by atomic mass is 79.9. The normalized spacial score (nSPS) is 12.3. The number of anilines is 1. The maximum absolute atomic E-state index is 13.3. The van der Waals surface area contributed by atoms with Gasteiger partial charge in [0.05, 0.1) is 6.04 Å². The second kappa shape index (κ2) is 6.81.